The second kappa shape index (κ2) is 6.10. The van der Waals surface area contributed by atoms with Crippen molar-refractivity contribution < 1.29 is 9.59 Å². The van der Waals surface area contributed by atoms with Crippen LogP contribution in [0.15, 0.2) is 24.3 Å². The van der Waals surface area contributed by atoms with E-state index in [4.69, 9.17) is 17.3 Å². The van der Waals surface area contributed by atoms with Crippen LogP contribution >= 0.6 is 11.6 Å². The van der Waals surface area contributed by atoms with Gasteiger partial charge in [-0.05, 0) is 18.2 Å². The second-order valence-electron chi connectivity index (χ2n) is 3.49. The molecule has 0 aliphatic heterocycles. The van der Waals surface area contributed by atoms with Crippen molar-refractivity contribution >= 4 is 29.1 Å². The zero-order valence-corrected chi connectivity index (χ0v) is 10.1. The van der Waals surface area contributed by atoms with E-state index in [0.29, 0.717) is 10.7 Å². The van der Waals surface area contributed by atoms with Gasteiger partial charge in [-0.2, -0.15) is 0 Å². The van der Waals surface area contributed by atoms with Crippen molar-refractivity contribution in [3.8, 4) is 0 Å². The van der Waals surface area contributed by atoms with E-state index in [0.717, 1.165) is 0 Å². The summed E-state index contributed by atoms with van der Waals surface area (Å²) in [5.41, 5.74) is 5.85. The van der Waals surface area contributed by atoms with E-state index in [9.17, 15) is 9.59 Å². The van der Waals surface area contributed by atoms with E-state index in [2.05, 4.69) is 10.6 Å². The number of halogens is 1. The number of nitrogens with one attached hydrogen (secondary N) is 2. The molecular formula is C11H14ClN3O2. The summed E-state index contributed by atoms with van der Waals surface area (Å²) in [7, 11) is 1.50. The van der Waals surface area contributed by atoms with Crippen molar-refractivity contribution in [2.75, 3.05) is 12.4 Å². The predicted molar refractivity (Wildman–Crippen MR) is 66.7 cm³/mol. The van der Waals surface area contributed by atoms with Gasteiger partial charge in [0.05, 0.1) is 6.42 Å². The number of anilines is 1. The van der Waals surface area contributed by atoms with E-state index in [1.165, 1.54) is 7.05 Å². The molecule has 6 heteroatoms. The first-order chi connectivity index (χ1) is 8.02. The van der Waals surface area contributed by atoms with Gasteiger partial charge in [0.25, 0.3) is 0 Å². The van der Waals surface area contributed by atoms with Crippen LogP contribution in [-0.4, -0.2) is 24.9 Å². The molecule has 0 bridgehead atoms. The van der Waals surface area contributed by atoms with Crippen molar-refractivity contribution in [2.45, 2.75) is 12.5 Å². The smallest absolute Gasteiger partial charge is 0.240 e. The molecule has 1 aromatic carbocycles. The van der Waals surface area contributed by atoms with Gasteiger partial charge in [0, 0.05) is 17.8 Å². The van der Waals surface area contributed by atoms with Crippen LogP contribution in [0.1, 0.15) is 6.42 Å². The van der Waals surface area contributed by atoms with Gasteiger partial charge in [-0.3, -0.25) is 9.59 Å². The van der Waals surface area contributed by atoms with E-state index in [1.54, 1.807) is 24.3 Å². The molecule has 0 saturated carbocycles. The molecule has 4 N–H and O–H groups in total. The van der Waals surface area contributed by atoms with Gasteiger partial charge in [0.2, 0.25) is 11.8 Å². The van der Waals surface area contributed by atoms with Crippen molar-refractivity contribution in [3.05, 3.63) is 29.3 Å². The minimum absolute atomic E-state index is 0.0155. The minimum atomic E-state index is -0.756. The maximum atomic E-state index is 11.2. The van der Waals surface area contributed by atoms with Crippen LogP contribution in [0.4, 0.5) is 5.69 Å². The van der Waals surface area contributed by atoms with Crippen molar-refractivity contribution in [1.82, 2.24) is 5.32 Å². The Kier molecular flexibility index (Phi) is 4.78. The van der Waals surface area contributed by atoms with Gasteiger partial charge in [-0.15, -0.1) is 0 Å². The average Bonchev–Trinajstić information content (AvgIpc) is 2.27. The maximum Gasteiger partial charge on any atom is 0.240 e. The highest BCUT2D eigenvalue weighted by Gasteiger charge is 2.18. The van der Waals surface area contributed by atoms with Crippen LogP contribution < -0.4 is 16.4 Å². The SMILES string of the molecule is CNC(=O)CC(Nc1cccc(Cl)c1)C(N)=O. The Bertz CT molecular complexity index is 423. The lowest BCUT2D eigenvalue weighted by Crippen LogP contribution is -2.39. The fourth-order valence-corrected chi connectivity index (χ4v) is 1.48. The number of carbonyl (C=O) groups excluding carboxylic acids is 2. The summed E-state index contributed by atoms with van der Waals surface area (Å²) in [4.78, 5) is 22.4. The highest BCUT2D eigenvalue weighted by Crippen LogP contribution is 2.16. The van der Waals surface area contributed by atoms with Gasteiger partial charge >= 0.3 is 0 Å². The quantitative estimate of drug-likeness (QED) is 0.726. The number of primary amides is 1. The molecule has 92 valence electrons. The first-order valence-corrected chi connectivity index (χ1v) is 5.42. The van der Waals surface area contributed by atoms with Crippen molar-refractivity contribution in [3.63, 3.8) is 0 Å². The Morgan fingerprint density at radius 2 is 2.18 bits per heavy atom. The Morgan fingerprint density at radius 1 is 1.47 bits per heavy atom. The van der Waals surface area contributed by atoms with Crippen molar-refractivity contribution in [1.29, 1.82) is 0 Å². The van der Waals surface area contributed by atoms with Crippen LogP contribution in [0.25, 0.3) is 0 Å². The monoisotopic (exact) mass is 255 g/mol. The summed E-state index contributed by atoms with van der Waals surface area (Å²) in [6.45, 7) is 0. The number of rotatable bonds is 5. The third-order valence-electron chi connectivity index (χ3n) is 2.18. The summed E-state index contributed by atoms with van der Waals surface area (Å²) in [5.74, 6) is -0.850. The average molecular weight is 256 g/mol. The fraction of sp³-hybridized carbons (Fsp3) is 0.273. The highest BCUT2D eigenvalue weighted by atomic mass is 35.5. The summed E-state index contributed by atoms with van der Waals surface area (Å²) >= 11 is 5.81. The first-order valence-electron chi connectivity index (χ1n) is 5.05. The second-order valence-corrected chi connectivity index (χ2v) is 3.92. The van der Waals surface area contributed by atoms with E-state index >= 15 is 0 Å². The highest BCUT2D eigenvalue weighted by molar-refractivity contribution is 6.30. The lowest BCUT2D eigenvalue weighted by molar-refractivity contribution is -0.125. The Balaban J connectivity index is 2.73. The standard InChI is InChI=1S/C11H14ClN3O2/c1-14-10(16)6-9(11(13)17)15-8-4-2-3-7(12)5-8/h2-5,9,15H,6H2,1H3,(H2,13,17)(H,14,16). The van der Waals surface area contributed by atoms with Gasteiger partial charge in [0.1, 0.15) is 6.04 Å². The number of benzene rings is 1. The van der Waals surface area contributed by atoms with E-state index < -0.39 is 11.9 Å². The molecular weight excluding hydrogens is 242 g/mol. The molecule has 0 saturated heterocycles. The van der Waals surface area contributed by atoms with Gasteiger partial charge < -0.3 is 16.4 Å². The van der Waals surface area contributed by atoms with Gasteiger partial charge in [0.15, 0.2) is 0 Å². The summed E-state index contributed by atoms with van der Waals surface area (Å²) in [6, 6.07) is 6.09. The molecule has 0 heterocycles. The first kappa shape index (κ1) is 13.3. The molecule has 0 radical (unpaired) electrons. The number of carbonyl (C=O) groups is 2. The molecule has 1 atom stereocenters. The van der Waals surface area contributed by atoms with Crippen molar-refractivity contribution in [2.24, 2.45) is 5.73 Å². The molecule has 0 spiro atoms. The summed E-state index contributed by atoms with van der Waals surface area (Å²) in [5, 5.41) is 5.84. The minimum Gasteiger partial charge on any atom is -0.373 e. The zero-order valence-electron chi connectivity index (χ0n) is 9.37. The molecule has 1 rings (SSSR count). The molecule has 0 fully saturated rings. The molecule has 1 unspecified atom stereocenters. The third kappa shape index (κ3) is 4.32. The largest absolute Gasteiger partial charge is 0.373 e. The number of amides is 2. The van der Waals surface area contributed by atoms with Gasteiger partial charge in [-0.1, -0.05) is 17.7 Å². The lowest BCUT2D eigenvalue weighted by Gasteiger charge is -2.15. The summed E-state index contributed by atoms with van der Waals surface area (Å²) < 4.78 is 0. The maximum absolute atomic E-state index is 11.2. The normalized spacial score (nSPS) is 11.6. The molecule has 0 aliphatic rings. The summed E-state index contributed by atoms with van der Waals surface area (Å²) in [6.07, 6.45) is -0.0155. The Hall–Kier alpha value is -1.75. The molecule has 0 aromatic heterocycles. The van der Waals surface area contributed by atoms with Crippen LogP contribution in [-0.2, 0) is 9.59 Å². The number of nitrogens with two attached hydrogens (primary N) is 1. The number of hydrogen-bond donors (Lipinski definition) is 3. The van der Waals surface area contributed by atoms with E-state index in [1.807, 2.05) is 0 Å². The molecule has 2 amide bonds. The molecule has 0 aliphatic carbocycles. The van der Waals surface area contributed by atoms with Gasteiger partial charge in [-0.25, -0.2) is 0 Å². The fourth-order valence-electron chi connectivity index (χ4n) is 1.29. The lowest BCUT2D eigenvalue weighted by atomic mass is 10.1. The number of hydrogen-bond acceptors (Lipinski definition) is 3. The van der Waals surface area contributed by atoms with Crippen LogP contribution in [0.3, 0.4) is 0 Å². The Labute approximate surface area is 104 Å². The molecule has 1 aromatic rings. The van der Waals surface area contributed by atoms with Crippen LogP contribution in [0.5, 0.6) is 0 Å². The van der Waals surface area contributed by atoms with E-state index in [-0.39, 0.29) is 12.3 Å². The van der Waals surface area contributed by atoms with Crippen LogP contribution in [0, 0.1) is 0 Å². The third-order valence-corrected chi connectivity index (χ3v) is 2.41. The topological polar surface area (TPSA) is 84.2 Å². The molecule has 17 heavy (non-hydrogen) atoms. The molecule has 5 nitrogen and oxygen atoms in total. The Morgan fingerprint density at radius 3 is 2.71 bits per heavy atom. The predicted octanol–water partition coefficient (Wildman–Crippen LogP) is 0.742. The van der Waals surface area contributed by atoms with Crippen LogP contribution in [0.2, 0.25) is 5.02 Å². The zero-order chi connectivity index (χ0) is 12.8.